The van der Waals surface area contributed by atoms with Crippen LogP contribution in [0.25, 0.3) is 6.08 Å². The van der Waals surface area contributed by atoms with Crippen LogP contribution >= 0.6 is 0 Å². The quantitative estimate of drug-likeness (QED) is 0.539. The maximum atomic E-state index is 2.36. The van der Waals surface area contributed by atoms with Crippen LogP contribution in [0.1, 0.15) is 23.1 Å². The highest BCUT2D eigenvalue weighted by molar-refractivity contribution is 5.84. The number of para-hydroxylation sites is 1. The number of nitrogens with zero attached hydrogens (tertiary/aromatic N) is 1. The maximum absolute atomic E-state index is 2.36. The minimum Gasteiger partial charge on any atom is -0.310 e. The molecule has 4 rings (SSSR count). The van der Waals surface area contributed by atoms with Gasteiger partial charge in [-0.1, -0.05) is 54.6 Å². The first-order valence-corrected chi connectivity index (χ1v) is 8.53. The molecule has 118 valence electrons. The van der Waals surface area contributed by atoms with Crippen LogP contribution in [0.4, 0.5) is 17.1 Å². The lowest BCUT2D eigenvalue weighted by Crippen LogP contribution is -2.13. The van der Waals surface area contributed by atoms with Crippen molar-refractivity contribution in [3.05, 3.63) is 95.6 Å². The number of hydrogen-bond donors (Lipinski definition) is 0. The van der Waals surface area contributed by atoms with Crippen molar-refractivity contribution in [2.24, 2.45) is 0 Å². The molecule has 24 heavy (non-hydrogen) atoms. The minimum atomic E-state index is 1.12. The van der Waals surface area contributed by atoms with Crippen LogP contribution < -0.4 is 4.90 Å². The van der Waals surface area contributed by atoms with E-state index in [1.165, 1.54) is 33.8 Å². The van der Waals surface area contributed by atoms with Gasteiger partial charge in [0.1, 0.15) is 0 Å². The largest absolute Gasteiger partial charge is 0.310 e. The second-order valence-corrected chi connectivity index (χ2v) is 6.30. The Kier molecular flexibility index (Phi) is 3.92. The fraction of sp³-hybridized carbons (Fsp3) is 0.130. The van der Waals surface area contributed by atoms with Crippen LogP contribution in [0.5, 0.6) is 0 Å². The molecule has 0 saturated heterocycles. The minimum absolute atomic E-state index is 1.12. The lowest BCUT2D eigenvalue weighted by molar-refractivity contribution is 0.984. The molecule has 1 nitrogen and oxygen atoms in total. The lowest BCUT2D eigenvalue weighted by Gasteiger charge is -2.29. The number of anilines is 3. The van der Waals surface area contributed by atoms with E-state index in [1.54, 1.807) is 0 Å². The Hall–Kier alpha value is -2.80. The first-order valence-electron chi connectivity index (χ1n) is 8.53. The van der Waals surface area contributed by atoms with E-state index in [-0.39, 0.29) is 0 Å². The van der Waals surface area contributed by atoms with Crippen molar-refractivity contribution in [1.82, 2.24) is 0 Å². The Morgan fingerprint density at radius 3 is 2.42 bits per heavy atom. The summed E-state index contributed by atoms with van der Waals surface area (Å²) < 4.78 is 0. The summed E-state index contributed by atoms with van der Waals surface area (Å²) >= 11 is 0. The molecule has 1 heteroatoms. The van der Waals surface area contributed by atoms with Gasteiger partial charge in [-0.25, -0.2) is 0 Å². The summed E-state index contributed by atoms with van der Waals surface area (Å²) in [6.45, 7) is 2.15. The van der Waals surface area contributed by atoms with Crippen LogP contribution in [-0.2, 0) is 6.42 Å². The van der Waals surface area contributed by atoms with Crippen molar-refractivity contribution < 1.29 is 0 Å². The Morgan fingerprint density at radius 2 is 1.58 bits per heavy atom. The van der Waals surface area contributed by atoms with Crippen molar-refractivity contribution in [1.29, 1.82) is 0 Å². The molecular formula is C23H21N. The van der Waals surface area contributed by atoms with Gasteiger partial charge in [-0.3, -0.25) is 0 Å². The van der Waals surface area contributed by atoms with Crippen LogP contribution in [-0.4, -0.2) is 0 Å². The molecule has 0 radical (unpaired) electrons. The van der Waals surface area contributed by atoms with E-state index in [1.807, 2.05) is 0 Å². The molecule has 0 amide bonds. The van der Waals surface area contributed by atoms with Crippen molar-refractivity contribution in [2.75, 3.05) is 4.90 Å². The van der Waals surface area contributed by atoms with Crippen LogP contribution in [0.15, 0.2) is 78.9 Å². The molecular weight excluding hydrogens is 290 g/mol. The zero-order valence-corrected chi connectivity index (χ0v) is 13.9. The highest BCUT2D eigenvalue weighted by Gasteiger charge is 2.17. The van der Waals surface area contributed by atoms with E-state index in [2.05, 4.69) is 96.8 Å². The Labute approximate surface area is 143 Å². The van der Waals surface area contributed by atoms with Gasteiger partial charge in [0.25, 0.3) is 0 Å². The van der Waals surface area contributed by atoms with Crippen molar-refractivity contribution >= 4 is 23.1 Å². The second-order valence-electron chi connectivity index (χ2n) is 6.30. The van der Waals surface area contributed by atoms with Gasteiger partial charge in [-0.05, 0) is 61.2 Å². The van der Waals surface area contributed by atoms with Crippen molar-refractivity contribution in [3.8, 4) is 0 Å². The standard InChI is InChI=1S/C23H21N/c1-18-9-7-14-21(17-18)24(20-12-3-2-4-13-20)23-16-8-11-19-10-5-6-15-22(19)23/h2-4,6-9,11-17H,5,10H2,1H3. The van der Waals surface area contributed by atoms with E-state index in [0.717, 1.165) is 12.8 Å². The summed E-state index contributed by atoms with van der Waals surface area (Å²) in [4.78, 5) is 2.36. The molecule has 3 aromatic carbocycles. The smallest absolute Gasteiger partial charge is 0.0536 e. The number of allylic oxidation sites excluding steroid dienone is 1. The first-order chi connectivity index (χ1) is 11.8. The Bertz CT molecular complexity index is 878. The van der Waals surface area contributed by atoms with Gasteiger partial charge in [0, 0.05) is 16.9 Å². The zero-order valence-electron chi connectivity index (χ0n) is 13.9. The fourth-order valence-electron chi connectivity index (χ4n) is 3.42. The van der Waals surface area contributed by atoms with Crippen molar-refractivity contribution in [3.63, 3.8) is 0 Å². The summed E-state index contributed by atoms with van der Waals surface area (Å²) in [5.74, 6) is 0. The van der Waals surface area contributed by atoms with Gasteiger partial charge in [0.2, 0.25) is 0 Å². The molecule has 0 fully saturated rings. The fourth-order valence-corrected chi connectivity index (χ4v) is 3.42. The van der Waals surface area contributed by atoms with Crippen LogP contribution in [0, 0.1) is 6.92 Å². The molecule has 0 bridgehead atoms. The summed E-state index contributed by atoms with van der Waals surface area (Å²) in [7, 11) is 0. The molecule has 0 spiro atoms. The average Bonchev–Trinajstić information content (AvgIpc) is 2.63. The summed E-state index contributed by atoms with van der Waals surface area (Å²) in [5.41, 5.74) is 7.69. The van der Waals surface area contributed by atoms with E-state index in [0.29, 0.717) is 0 Å². The highest BCUT2D eigenvalue weighted by atomic mass is 15.1. The average molecular weight is 311 g/mol. The van der Waals surface area contributed by atoms with E-state index in [4.69, 9.17) is 0 Å². The monoisotopic (exact) mass is 311 g/mol. The van der Waals surface area contributed by atoms with Gasteiger partial charge in [-0.2, -0.15) is 0 Å². The van der Waals surface area contributed by atoms with Gasteiger partial charge >= 0.3 is 0 Å². The van der Waals surface area contributed by atoms with Gasteiger partial charge in [-0.15, -0.1) is 0 Å². The molecule has 1 aliphatic carbocycles. The molecule has 3 aromatic rings. The predicted octanol–water partition coefficient (Wildman–Crippen LogP) is 6.42. The molecule has 0 N–H and O–H groups in total. The zero-order chi connectivity index (χ0) is 16.4. The number of benzene rings is 3. The number of aryl methyl sites for hydroxylation is 2. The topological polar surface area (TPSA) is 3.24 Å². The van der Waals surface area contributed by atoms with Crippen LogP contribution in [0.3, 0.4) is 0 Å². The Balaban J connectivity index is 1.94. The van der Waals surface area contributed by atoms with E-state index >= 15 is 0 Å². The van der Waals surface area contributed by atoms with Gasteiger partial charge in [0.05, 0.1) is 5.69 Å². The van der Waals surface area contributed by atoms with Gasteiger partial charge in [0.15, 0.2) is 0 Å². The number of rotatable bonds is 3. The molecule has 0 aromatic heterocycles. The lowest BCUT2D eigenvalue weighted by atomic mass is 9.95. The second kappa shape index (κ2) is 6.37. The molecule has 0 saturated carbocycles. The first kappa shape index (κ1) is 14.8. The highest BCUT2D eigenvalue weighted by Crippen LogP contribution is 2.39. The molecule has 1 aliphatic rings. The van der Waals surface area contributed by atoms with Crippen LogP contribution in [0.2, 0.25) is 0 Å². The molecule has 0 heterocycles. The number of fused-ring (bicyclic) bond motifs is 1. The number of hydrogen-bond acceptors (Lipinski definition) is 1. The maximum Gasteiger partial charge on any atom is 0.0536 e. The summed E-state index contributed by atoms with van der Waals surface area (Å²) in [5, 5.41) is 0. The molecule has 0 aliphatic heterocycles. The predicted molar refractivity (Wildman–Crippen MR) is 103 cm³/mol. The third-order valence-corrected chi connectivity index (χ3v) is 4.55. The van der Waals surface area contributed by atoms with Crippen molar-refractivity contribution in [2.45, 2.75) is 19.8 Å². The third-order valence-electron chi connectivity index (χ3n) is 4.55. The Morgan fingerprint density at radius 1 is 0.792 bits per heavy atom. The molecule has 0 unspecified atom stereocenters. The summed E-state index contributed by atoms with van der Waals surface area (Å²) in [6, 6.07) is 26.0. The van der Waals surface area contributed by atoms with E-state index in [9.17, 15) is 0 Å². The normalized spacial score (nSPS) is 12.7. The van der Waals surface area contributed by atoms with E-state index < -0.39 is 0 Å². The molecule has 0 atom stereocenters. The summed E-state index contributed by atoms with van der Waals surface area (Å²) in [6.07, 6.45) is 6.81. The van der Waals surface area contributed by atoms with Gasteiger partial charge < -0.3 is 4.90 Å². The SMILES string of the molecule is Cc1cccc(N(c2ccccc2)c2cccc3c2C=CCC3)c1. The third kappa shape index (κ3) is 2.74.